The Balaban J connectivity index is 2.36. The first kappa shape index (κ1) is 18.8. The van der Waals surface area contributed by atoms with Crippen LogP contribution in [0.15, 0.2) is 47.4 Å². The van der Waals surface area contributed by atoms with Gasteiger partial charge in [0.25, 0.3) is 10.0 Å². The summed E-state index contributed by atoms with van der Waals surface area (Å²) in [6.07, 6.45) is 0. The number of anilines is 2. The molecular formula is C16H15ClN2O5S. The average Bonchev–Trinajstić information content (AvgIpc) is 2.56. The van der Waals surface area contributed by atoms with E-state index in [-0.39, 0.29) is 27.1 Å². The number of amides is 1. The van der Waals surface area contributed by atoms with Crippen LogP contribution in [-0.4, -0.2) is 27.4 Å². The molecule has 9 heteroatoms. The molecule has 1 amide bonds. The second kappa shape index (κ2) is 7.54. The second-order valence-corrected chi connectivity index (χ2v) is 7.03. The zero-order chi connectivity index (χ0) is 18.6. The maximum absolute atomic E-state index is 12.6. The average molecular weight is 383 g/mol. The van der Waals surface area contributed by atoms with Crippen molar-refractivity contribution in [2.24, 2.45) is 0 Å². The molecule has 0 saturated heterocycles. The predicted molar refractivity (Wildman–Crippen MR) is 94.3 cm³/mol. The van der Waals surface area contributed by atoms with E-state index in [1.807, 2.05) is 0 Å². The van der Waals surface area contributed by atoms with Crippen LogP contribution in [0.3, 0.4) is 0 Å². The molecule has 0 bridgehead atoms. The zero-order valence-corrected chi connectivity index (χ0v) is 14.9. The van der Waals surface area contributed by atoms with Crippen LogP contribution in [-0.2, 0) is 19.6 Å². The van der Waals surface area contributed by atoms with Gasteiger partial charge in [0.1, 0.15) is 4.90 Å². The van der Waals surface area contributed by atoms with Gasteiger partial charge in [-0.1, -0.05) is 23.7 Å². The number of methoxy groups -OCH3 is 1. The van der Waals surface area contributed by atoms with Gasteiger partial charge in [-0.2, -0.15) is 0 Å². The number of nitrogens with one attached hydrogen (secondary N) is 2. The Morgan fingerprint density at radius 3 is 2.40 bits per heavy atom. The number of ether oxygens (including phenoxy) is 1. The molecule has 0 aliphatic heterocycles. The number of halogens is 1. The van der Waals surface area contributed by atoms with E-state index in [4.69, 9.17) is 11.6 Å². The topological polar surface area (TPSA) is 102 Å². The standard InChI is InChI=1S/C16H15ClN2O5S/c1-10(20)18-14-8-7-11(9-13(14)17)19-25(22,23)15-6-4-3-5-12(15)16(21)24-2/h3-9,19H,1-2H3,(H,18,20). The molecule has 0 atom stereocenters. The van der Waals surface area contributed by atoms with Crippen molar-refractivity contribution in [3.8, 4) is 0 Å². The van der Waals surface area contributed by atoms with Crippen molar-refractivity contribution in [1.29, 1.82) is 0 Å². The Morgan fingerprint density at radius 1 is 1.12 bits per heavy atom. The summed E-state index contributed by atoms with van der Waals surface area (Å²) in [5, 5.41) is 2.68. The van der Waals surface area contributed by atoms with Gasteiger partial charge in [0.15, 0.2) is 0 Å². The molecule has 0 aliphatic rings. The number of carbonyl (C=O) groups excluding carboxylic acids is 2. The van der Waals surface area contributed by atoms with Gasteiger partial charge in [0.05, 0.1) is 29.1 Å². The molecule has 2 N–H and O–H groups in total. The Labute approximate surface area is 150 Å². The summed E-state index contributed by atoms with van der Waals surface area (Å²) in [5.41, 5.74) is 0.448. The highest BCUT2D eigenvalue weighted by atomic mass is 35.5. The van der Waals surface area contributed by atoms with E-state index in [1.165, 1.54) is 56.5 Å². The molecule has 132 valence electrons. The van der Waals surface area contributed by atoms with E-state index in [1.54, 1.807) is 0 Å². The lowest BCUT2D eigenvalue weighted by Gasteiger charge is -2.12. The van der Waals surface area contributed by atoms with Crippen LogP contribution in [0.2, 0.25) is 5.02 Å². The van der Waals surface area contributed by atoms with E-state index in [9.17, 15) is 18.0 Å². The normalized spacial score (nSPS) is 10.8. The summed E-state index contributed by atoms with van der Waals surface area (Å²) in [6, 6.07) is 9.93. The van der Waals surface area contributed by atoms with Crippen LogP contribution in [0.4, 0.5) is 11.4 Å². The summed E-state index contributed by atoms with van der Waals surface area (Å²) < 4.78 is 32.1. The summed E-state index contributed by atoms with van der Waals surface area (Å²) in [6.45, 7) is 1.33. The first-order chi connectivity index (χ1) is 11.7. The number of esters is 1. The molecule has 2 aromatic carbocycles. The van der Waals surface area contributed by atoms with E-state index in [0.29, 0.717) is 5.69 Å². The summed E-state index contributed by atoms with van der Waals surface area (Å²) in [5.74, 6) is -1.07. The van der Waals surface area contributed by atoms with Crippen molar-refractivity contribution < 1.29 is 22.7 Å². The Hall–Kier alpha value is -2.58. The number of benzene rings is 2. The third kappa shape index (κ3) is 4.49. The van der Waals surface area contributed by atoms with Crippen LogP contribution < -0.4 is 10.0 Å². The van der Waals surface area contributed by atoms with Crippen LogP contribution >= 0.6 is 11.6 Å². The fraction of sp³-hybridized carbons (Fsp3) is 0.125. The van der Waals surface area contributed by atoms with Crippen molar-refractivity contribution in [1.82, 2.24) is 0 Å². The molecule has 0 aliphatic carbocycles. The quantitative estimate of drug-likeness (QED) is 0.774. The molecule has 0 heterocycles. The summed E-state index contributed by atoms with van der Waals surface area (Å²) >= 11 is 6.03. The molecule has 0 aromatic heterocycles. The highest BCUT2D eigenvalue weighted by molar-refractivity contribution is 7.92. The van der Waals surface area contributed by atoms with Gasteiger partial charge in [0.2, 0.25) is 5.91 Å². The minimum absolute atomic E-state index is 0.0848. The predicted octanol–water partition coefficient (Wildman–Crippen LogP) is 2.89. The lowest BCUT2D eigenvalue weighted by molar-refractivity contribution is -0.114. The number of carbonyl (C=O) groups is 2. The van der Waals surface area contributed by atoms with E-state index < -0.39 is 16.0 Å². The molecule has 0 saturated carbocycles. The molecule has 0 fully saturated rings. The molecular weight excluding hydrogens is 368 g/mol. The number of hydrogen-bond acceptors (Lipinski definition) is 5. The minimum atomic E-state index is -4.05. The van der Waals surface area contributed by atoms with Gasteiger partial charge in [-0.15, -0.1) is 0 Å². The van der Waals surface area contributed by atoms with Gasteiger partial charge in [-0.05, 0) is 30.3 Å². The van der Waals surface area contributed by atoms with Crippen molar-refractivity contribution >= 4 is 44.9 Å². The molecule has 25 heavy (non-hydrogen) atoms. The first-order valence-corrected chi connectivity index (χ1v) is 8.88. The maximum Gasteiger partial charge on any atom is 0.339 e. The van der Waals surface area contributed by atoms with Crippen molar-refractivity contribution in [2.45, 2.75) is 11.8 Å². The molecule has 7 nitrogen and oxygen atoms in total. The Morgan fingerprint density at radius 2 is 1.80 bits per heavy atom. The summed E-state index contributed by atoms with van der Waals surface area (Å²) in [4.78, 5) is 22.6. The van der Waals surface area contributed by atoms with Crippen LogP contribution in [0.1, 0.15) is 17.3 Å². The third-order valence-corrected chi connectivity index (χ3v) is 4.87. The third-order valence-electron chi connectivity index (χ3n) is 3.11. The Kier molecular flexibility index (Phi) is 5.66. The smallest absolute Gasteiger partial charge is 0.339 e. The highest BCUT2D eigenvalue weighted by Gasteiger charge is 2.23. The Bertz CT molecular complexity index is 928. The van der Waals surface area contributed by atoms with Crippen molar-refractivity contribution in [2.75, 3.05) is 17.1 Å². The van der Waals surface area contributed by atoms with Crippen LogP contribution in [0, 0.1) is 0 Å². The second-order valence-electron chi connectivity index (χ2n) is 4.97. The zero-order valence-electron chi connectivity index (χ0n) is 13.4. The van der Waals surface area contributed by atoms with E-state index >= 15 is 0 Å². The minimum Gasteiger partial charge on any atom is -0.465 e. The fourth-order valence-corrected chi connectivity index (χ4v) is 3.53. The van der Waals surface area contributed by atoms with Gasteiger partial charge in [-0.25, -0.2) is 13.2 Å². The van der Waals surface area contributed by atoms with Gasteiger partial charge < -0.3 is 10.1 Å². The molecule has 0 spiro atoms. The van der Waals surface area contributed by atoms with E-state index in [2.05, 4.69) is 14.8 Å². The monoisotopic (exact) mass is 382 g/mol. The molecule has 0 radical (unpaired) electrons. The number of rotatable bonds is 5. The lowest BCUT2D eigenvalue weighted by atomic mass is 10.2. The van der Waals surface area contributed by atoms with Crippen molar-refractivity contribution in [3.63, 3.8) is 0 Å². The van der Waals surface area contributed by atoms with Gasteiger partial charge >= 0.3 is 5.97 Å². The summed E-state index contributed by atoms with van der Waals surface area (Å²) in [7, 11) is -2.88. The SMILES string of the molecule is COC(=O)c1ccccc1S(=O)(=O)Nc1ccc(NC(C)=O)c(Cl)c1. The van der Waals surface area contributed by atoms with Gasteiger partial charge in [0, 0.05) is 6.92 Å². The lowest BCUT2D eigenvalue weighted by Crippen LogP contribution is -2.17. The highest BCUT2D eigenvalue weighted by Crippen LogP contribution is 2.27. The molecule has 2 rings (SSSR count). The van der Waals surface area contributed by atoms with Crippen LogP contribution in [0.25, 0.3) is 0 Å². The van der Waals surface area contributed by atoms with Crippen LogP contribution in [0.5, 0.6) is 0 Å². The van der Waals surface area contributed by atoms with E-state index in [0.717, 1.165) is 0 Å². The maximum atomic E-state index is 12.6. The molecule has 0 unspecified atom stereocenters. The first-order valence-electron chi connectivity index (χ1n) is 7.02. The number of sulfonamides is 1. The largest absolute Gasteiger partial charge is 0.465 e. The van der Waals surface area contributed by atoms with Gasteiger partial charge in [-0.3, -0.25) is 9.52 Å². The van der Waals surface area contributed by atoms with Crippen molar-refractivity contribution in [3.05, 3.63) is 53.1 Å². The molecule has 2 aromatic rings. The number of hydrogen-bond donors (Lipinski definition) is 2. The fourth-order valence-electron chi connectivity index (χ4n) is 2.06.